The summed E-state index contributed by atoms with van der Waals surface area (Å²) in [5, 5.41) is 12.3. The fourth-order valence-corrected chi connectivity index (χ4v) is 8.13. The van der Waals surface area contributed by atoms with Crippen molar-refractivity contribution in [3.63, 3.8) is 0 Å². The van der Waals surface area contributed by atoms with Gasteiger partial charge in [-0.15, -0.1) is 0 Å². The van der Waals surface area contributed by atoms with E-state index in [1.165, 1.54) is 54.0 Å². The number of hydrogen-bond donors (Lipinski definition) is 0. The second-order valence-electron chi connectivity index (χ2n) is 13.6. The smallest absolute Gasteiger partial charge is 0.164 e. The predicted octanol–water partition coefficient (Wildman–Crippen LogP) is 12.6. The largest absolute Gasteiger partial charge is 0.309 e. The third-order valence-corrected chi connectivity index (χ3v) is 10.6. The molecule has 0 saturated carbocycles. The summed E-state index contributed by atoms with van der Waals surface area (Å²) in [6, 6.07) is 64.5. The molecule has 4 nitrogen and oxygen atoms in total. The first kappa shape index (κ1) is 29.5. The third-order valence-electron chi connectivity index (χ3n) is 10.6. The van der Waals surface area contributed by atoms with Gasteiger partial charge >= 0.3 is 0 Å². The van der Waals surface area contributed by atoms with E-state index in [1.54, 1.807) is 0 Å². The van der Waals surface area contributed by atoms with E-state index in [0.717, 1.165) is 33.3 Å². The van der Waals surface area contributed by atoms with Gasteiger partial charge < -0.3 is 4.57 Å². The van der Waals surface area contributed by atoms with Gasteiger partial charge in [0.1, 0.15) is 0 Å². The zero-order valence-corrected chi connectivity index (χ0v) is 28.6. The molecule has 11 rings (SSSR count). The Morgan fingerprint density at radius 2 is 0.849 bits per heavy atom. The zero-order chi connectivity index (χ0) is 34.9. The molecular formula is C49H30N4. The minimum absolute atomic E-state index is 0.631. The van der Waals surface area contributed by atoms with Gasteiger partial charge in [-0.2, -0.15) is 0 Å². The molecule has 0 aliphatic rings. The maximum atomic E-state index is 5.18. The summed E-state index contributed by atoms with van der Waals surface area (Å²) in [4.78, 5) is 15.3. The Kier molecular flexibility index (Phi) is 6.52. The minimum atomic E-state index is 0.631. The molecule has 0 radical (unpaired) electrons. The second-order valence-corrected chi connectivity index (χ2v) is 13.6. The van der Waals surface area contributed by atoms with Gasteiger partial charge in [-0.25, -0.2) is 15.0 Å². The van der Waals surface area contributed by atoms with E-state index < -0.39 is 0 Å². The summed E-state index contributed by atoms with van der Waals surface area (Å²) in [7, 11) is 0. The molecule has 0 spiro atoms. The molecule has 11 aromatic rings. The number of hydrogen-bond acceptors (Lipinski definition) is 3. The lowest BCUT2D eigenvalue weighted by atomic mass is 9.95. The predicted molar refractivity (Wildman–Crippen MR) is 220 cm³/mol. The van der Waals surface area contributed by atoms with Crippen LogP contribution in [0.25, 0.3) is 105 Å². The Labute approximate surface area is 305 Å². The van der Waals surface area contributed by atoms with E-state index in [1.807, 2.05) is 18.2 Å². The highest BCUT2D eigenvalue weighted by atomic mass is 15.0. The topological polar surface area (TPSA) is 43.6 Å². The van der Waals surface area contributed by atoms with Gasteiger partial charge in [0.05, 0.1) is 11.0 Å². The molecule has 0 fully saturated rings. The Bertz CT molecular complexity index is 3230. The first-order chi connectivity index (χ1) is 26.3. The van der Waals surface area contributed by atoms with E-state index in [-0.39, 0.29) is 0 Å². The van der Waals surface area contributed by atoms with Crippen LogP contribution in [-0.2, 0) is 0 Å². The van der Waals surface area contributed by atoms with Crippen LogP contribution in [0.3, 0.4) is 0 Å². The quantitative estimate of drug-likeness (QED) is 0.175. The van der Waals surface area contributed by atoms with Crippen molar-refractivity contribution in [2.75, 3.05) is 0 Å². The molecule has 0 amide bonds. The van der Waals surface area contributed by atoms with Gasteiger partial charge in [-0.05, 0) is 73.4 Å². The SMILES string of the molecule is c1ccc(-c2nc(-c3cccc(-n4c5ccccc5c5c6ccccc6ccc54)c3)nc(-c3ccc4c(ccc5ccc6ccccc6c54)c3)n2)cc1. The highest BCUT2D eigenvalue weighted by Crippen LogP contribution is 2.38. The molecule has 2 heterocycles. The lowest BCUT2D eigenvalue weighted by molar-refractivity contribution is 1.07. The highest BCUT2D eigenvalue weighted by Gasteiger charge is 2.17. The molecule has 0 N–H and O–H groups in total. The lowest BCUT2D eigenvalue weighted by Gasteiger charge is -2.12. The lowest BCUT2D eigenvalue weighted by Crippen LogP contribution is -2.01. The summed E-state index contributed by atoms with van der Waals surface area (Å²) in [5.41, 5.74) is 6.20. The van der Waals surface area contributed by atoms with Gasteiger partial charge in [0, 0.05) is 33.2 Å². The first-order valence-corrected chi connectivity index (χ1v) is 17.9. The molecule has 0 aliphatic carbocycles. The van der Waals surface area contributed by atoms with Crippen LogP contribution in [0, 0.1) is 0 Å². The molecule has 0 bridgehead atoms. The molecule has 0 aliphatic heterocycles. The van der Waals surface area contributed by atoms with Gasteiger partial charge in [-0.3, -0.25) is 0 Å². The van der Waals surface area contributed by atoms with Crippen molar-refractivity contribution >= 4 is 64.9 Å². The van der Waals surface area contributed by atoms with Crippen LogP contribution in [0.1, 0.15) is 0 Å². The molecular weight excluding hydrogens is 645 g/mol. The monoisotopic (exact) mass is 674 g/mol. The summed E-state index contributed by atoms with van der Waals surface area (Å²) in [6.07, 6.45) is 0. The number of aromatic nitrogens is 4. The van der Waals surface area contributed by atoms with Gasteiger partial charge in [-0.1, -0.05) is 152 Å². The van der Waals surface area contributed by atoms with Crippen molar-refractivity contribution in [1.29, 1.82) is 0 Å². The van der Waals surface area contributed by atoms with Crippen LogP contribution in [0.5, 0.6) is 0 Å². The van der Waals surface area contributed by atoms with Crippen molar-refractivity contribution in [3.8, 4) is 39.9 Å². The Morgan fingerprint density at radius 3 is 1.62 bits per heavy atom. The third kappa shape index (κ3) is 4.73. The van der Waals surface area contributed by atoms with Crippen LogP contribution in [0.15, 0.2) is 182 Å². The molecule has 53 heavy (non-hydrogen) atoms. The Hall–Kier alpha value is -7.17. The average molecular weight is 675 g/mol. The van der Waals surface area contributed by atoms with E-state index in [2.05, 4.69) is 168 Å². The van der Waals surface area contributed by atoms with Crippen LogP contribution in [0.2, 0.25) is 0 Å². The highest BCUT2D eigenvalue weighted by molar-refractivity contribution is 6.22. The van der Waals surface area contributed by atoms with Crippen molar-refractivity contribution < 1.29 is 0 Å². The number of benzene rings is 9. The molecule has 2 aromatic heterocycles. The molecule has 246 valence electrons. The zero-order valence-electron chi connectivity index (χ0n) is 28.6. The van der Waals surface area contributed by atoms with Crippen LogP contribution in [-0.4, -0.2) is 19.5 Å². The maximum absolute atomic E-state index is 5.18. The Morgan fingerprint density at radius 1 is 0.302 bits per heavy atom. The number of rotatable bonds is 4. The number of nitrogens with zero attached hydrogens (tertiary/aromatic N) is 4. The van der Waals surface area contributed by atoms with Crippen molar-refractivity contribution in [2.45, 2.75) is 0 Å². The second kappa shape index (κ2) is 11.7. The Balaban J connectivity index is 1.10. The van der Waals surface area contributed by atoms with Gasteiger partial charge in [0.15, 0.2) is 17.5 Å². The average Bonchev–Trinajstić information content (AvgIpc) is 3.58. The molecule has 0 atom stereocenters. The van der Waals surface area contributed by atoms with E-state index in [9.17, 15) is 0 Å². The van der Waals surface area contributed by atoms with Gasteiger partial charge in [0.25, 0.3) is 0 Å². The minimum Gasteiger partial charge on any atom is -0.309 e. The summed E-state index contributed by atoms with van der Waals surface area (Å²) >= 11 is 0. The molecule has 0 unspecified atom stereocenters. The number of fused-ring (bicyclic) bond motifs is 10. The fraction of sp³-hybridized carbons (Fsp3) is 0. The van der Waals surface area contributed by atoms with Crippen molar-refractivity contribution in [2.24, 2.45) is 0 Å². The number of para-hydroxylation sites is 1. The van der Waals surface area contributed by atoms with Crippen LogP contribution >= 0.6 is 0 Å². The van der Waals surface area contributed by atoms with Gasteiger partial charge in [0.2, 0.25) is 0 Å². The van der Waals surface area contributed by atoms with E-state index in [0.29, 0.717) is 17.5 Å². The molecule has 9 aromatic carbocycles. The fourth-order valence-electron chi connectivity index (χ4n) is 8.13. The van der Waals surface area contributed by atoms with E-state index in [4.69, 9.17) is 15.0 Å². The first-order valence-electron chi connectivity index (χ1n) is 17.9. The standard InChI is InChI=1S/C49H30N4/c1-2-13-34(14-3-1)47-50-48(52-49(51-47)37-25-27-41-35(29-37)24-23-33-22-21-31-11-4-6-17-39(31)45(33)41)36-15-10-16-38(30-36)53-43-20-9-8-19-42(43)46-40-18-7-5-12-32(40)26-28-44(46)53/h1-30H. The summed E-state index contributed by atoms with van der Waals surface area (Å²) in [6.45, 7) is 0. The normalized spacial score (nSPS) is 11.8. The van der Waals surface area contributed by atoms with Crippen LogP contribution < -0.4 is 0 Å². The molecule has 0 saturated heterocycles. The van der Waals surface area contributed by atoms with Crippen molar-refractivity contribution in [3.05, 3.63) is 182 Å². The maximum Gasteiger partial charge on any atom is 0.164 e. The van der Waals surface area contributed by atoms with Crippen LogP contribution in [0.4, 0.5) is 0 Å². The van der Waals surface area contributed by atoms with E-state index >= 15 is 0 Å². The summed E-state index contributed by atoms with van der Waals surface area (Å²) < 4.78 is 2.36. The van der Waals surface area contributed by atoms with Crippen molar-refractivity contribution in [1.82, 2.24) is 19.5 Å². The summed E-state index contributed by atoms with van der Waals surface area (Å²) in [5.74, 6) is 1.91. The molecule has 4 heteroatoms.